The summed E-state index contributed by atoms with van der Waals surface area (Å²) in [6.07, 6.45) is 0. The minimum Gasteiger partial charge on any atom is -0.384 e. The minimum absolute atomic E-state index is 0.110. The van der Waals surface area contributed by atoms with E-state index in [1.54, 1.807) is 11.3 Å². The molecule has 3 nitrogen and oxygen atoms in total. The lowest BCUT2D eigenvalue weighted by Crippen LogP contribution is -2.21. The molecule has 1 aromatic heterocycles. The van der Waals surface area contributed by atoms with E-state index in [2.05, 4.69) is 16.3 Å². The summed E-state index contributed by atoms with van der Waals surface area (Å²) < 4.78 is 0. The second kappa shape index (κ2) is 5.01. The molecule has 17 heavy (non-hydrogen) atoms. The Bertz CT molecular complexity index is 505. The molecular formula is C13H15N3S. The van der Waals surface area contributed by atoms with E-state index in [1.165, 1.54) is 4.88 Å². The average Bonchev–Trinajstić information content (AvgIpc) is 2.81. The van der Waals surface area contributed by atoms with E-state index in [4.69, 9.17) is 11.1 Å². The molecule has 0 radical (unpaired) electrons. The summed E-state index contributed by atoms with van der Waals surface area (Å²) in [4.78, 5) is 3.41. The predicted octanol–water partition coefficient (Wildman–Crippen LogP) is 2.67. The quantitative estimate of drug-likeness (QED) is 0.642. The number of nitrogens with two attached hydrogens (primary N) is 1. The van der Waals surface area contributed by atoms with Crippen LogP contribution in [0, 0.1) is 5.41 Å². The predicted molar refractivity (Wildman–Crippen MR) is 73.9 cm³/mol. The maximum Gasteiger partial charge on any atom is 0.124 e. The van der Waals surface area contributed by atoms with Gasteiger partial charge in [-0.1, -0.05) is 18.2 Å². The van der Waals surface area contributed by atoms with Crippen LogP contribution in [0.1, 0.15) is 10.4 Å². The third kappa shape index (κ3) is 2.65. The number of benzene rings is 1. The lowest BCUT2D eigenvalue weighted by molar-refractivity contribution is 0.938. The molecule has 0 fully saturated rings. The zero-order valence-corrected chi connectivity index (χ0v) is 10.5. The maximum absolute atomic E-state index is 7.57. The Morgan fingerprint density at radius 3 is 2.71 bits per heavy atom. The van der Waals surface area contributed by atoms with Gasteiger partial charge < -0.3 is 10.6 Å². The van der Waals surface area contributed by atoms with E-state index in [0.717, 1.165) is 17.8 Å². The van der Waals surface area contributed by atoms with Crippen LogP contribution in [0.25, 0.3) is 0 Å². The van der Waals surface area contributed by atoms with Crippen LogP contribution in [0.5, 0.6) is 0 Å². The van der Waals surface area contributed by atoms with Crippen LogP contribution in [-0.4, -0.2) is 12.9 Å². The van der Waals surface area contributed by atoms with Gasteiger partial charge in [-0.2, -0.15) is 0 Å². The van der Waals surface area contributed by atoms with Gasteiger partial charge in [0, 0.05) is 23.2 Å². The standard InChI is InChI=1S/C13H15N3S/c1-16(9-10-5-4-8-17-10)12-7-3-2-6-11(12)13(14)15/h2-8H,9H2,1H3,(H3,14,15). The fraction of sp³-hybridized carbons (Fsp3) is 0.154. The fourth-order valence-corrected chi connectivity index (χ4v) is 2.51. The molecule has 0 amide bonds. The van der Waals surface area contributed by atoms with Crippen LogP contribution in [0.4, 0.5) is 5.69 Å². The van der Waals surface area contributed by atoms with E-state index in [-0.39, 0.29) is 5.84 Å². The summed E-state index contributed by atoms with van der Waals surface area (Å²) >= 11 is 1.73. The van der Waals surface area contributed by atoms with E-state index in [9.17, 15) is 0 Å². The Hall–Kier alpha value is -1.81. The second-order valence-electron chi connectivity index (χ2n) is 3.87. The lowest BCUT2D eigenvalue weighted by atomic mass is 10.1. The van der Waals surface area contributed by atoms with Gasteiger partial charge in [0.2, 0.25) is 0 Å². The Labute approximate surface area is 105 Å². The Morgan fingerprint density at radius 2 is 2.06 bits per heavy atom. The number of nitrogens with one attached hydrogen (secondary N) is 1. The third-order valence-electron chi connectivity index (χ3n) is 2.58. The highest BCUT2D eigenvalue weighted by Gasteiger charge is 2.09. The molecule has 0 spiro atoms. The normalized spacial score (nSPS) is 10.2. The summed E-state index contributed by atoms with van der Waals surface area (Å²) in [5, 5.41) is 9.64. The van der Waals surface area contributed by atoms with Gasteiger partial charge >= 0.3 is 0 Å². The van der Waals surface area contributed by atoms with Gasteiger partial charge in [-0.05, 0) is 23.6 Å². The summed E-state index contributed by atoms with van der Waals surface area (Å²) in [5.41, 5.74) is 7.36. The van der Waals surface area contributed by atoms with E-state index >= 15 is 0 Å². The van der Waals surface area contributed by atoms with Crippen LogP contribution in [0.2, 0.25) is 0 Å². The molecule has 0 aliphatic rings. The van der Waals surface area contributed by atoms with Crippen LogP contribution in [0.15, 0.2) is 41.8 Å². The van der Waals surface area contributed by atoms with E-state index in [1.807, 2.05) is 37.4 Å². The average molecular weight is 245 g/mol. The number of rotatable bonds is 4. The largest absolute Gasteiger partial charge is 0.384 e. The van der Waals surface area contributed by atoms with Gasteiger partial charge in [0.05, 0.1) is 6.54 Å². The molecule has 2 aromatic rings. The van der Waals surface area contributed by atoms with Gasteiger partial charge in [-0.15, -0.1) is 11.3 Å². The highest BCUT2D eigenvalue weighted by molar-refractivity contribution is 7.09. The first kappa shape index (κ1) is 11.7. The summed E-state index contributed by atoms with van der Waals surface area (Å²) in [5.74, 6) is 0.110. The molecule has 1 heterocycles. The lowest BCUT2D eigenvalue weighted by Gasteiger charge is -2.21. The van der Waals surface area contributed by atoms with Crippen molar-refractivity contribution in [2.24, 2.45) is 5.73 Å². The van der Waals surface area contributed by atoms with Gasteiger partial charge in [0.15, 0.2) is 0 Å². The maximum atomic E-state index is 7.57. The van der Waals surface area contributed by atoms with Crippen molar-refractivity contribution >= 4 is 22.9 Å². The molecule has 0 aliphatic carbocycles. The summed E-state index contributed by atoms with van der Waals surface area (Å²) in [6.45, 7) is 0.835. The molecule has 0 bridgehead atoms. The Morgan fingerprint density at radius 1 is 1.29 bits per heavy atom. The fourth-order valence-electron chi connectivity index (χ4n) is 1.76. The van der Waals surface area contributed by atoms with Crippen molar-refractivity contribution in [1.29, 1.82) is 5.41 Å². The number of para-hydroxylation sites is 1. The highest BCUT2D eigenvalue weighted by atomic mass is 32.1. The summed E-state index contributed by atoms with van der Waals surface area (Å²) in [7, 11) is 2.02. The third-order valence-corrected chi connectivity index (χ3v) is 3.44. The molecular weight excluding hydrogens is 230 g/mol. The van der Waals surface area contributed by atoms with E-state index in [0.29, 0.717) is 0 Å². The molecule has 2 rings (SSSR count). The molecule has 4 heteroatoms. The van der Waals surface area contributed by atoms with Crippen molar-refractivity contribution in [3.8, 4) is 0 Å². The van der Waals surface area contributed by atoms with Crippen molar-refractivity contribution in [3.63, 3.8) is 0 Å². The molecule has 3 N–H and O–H groups in total. The molecule has 0 aliphatic heterocycles. The first-order chi connectivity index (χ1) is 8.18. The van der Waals surface area contributed by atoms with Crippen molar-refractivity contribution in [2.45, 2.75) is 6.54 Å². The number of nitrogen functional groups attached to an aromatic ring is 1. The van der Waals surface area contributed by atoms with Crippen molar-refractivity contribution in [3.05, 3.63) is 52.2 Å². The number of hydrogen-bond donors (Lipinski definition) is 2. The SMILES string of the molecule is CN(Cc1cccs1)c1ccccc1C(=N)N. The van der Waals surface area contributed by atoms with Gasteiger partial charge in [-0.25, -0.2) is 0 Å². The van der Waals surface area contributed by atoms with Crippen LogP contribution >= 0.6 is 11.3 Å². The zero-order valence-electron chi connectivity index (χ0n) is 9.68. The first-order valence-corrected chi connectivity index (χ1v) is 6.23. The first-order valence-electron chi connectivity index (χ1n) is 5.35. The van der Waals surface area contributed by atoms with Crippen LogP contribution < -0.4 is 10.6 Å². The second-order valence-corrected chi connectivity index (χ2v) is 4.90. The van der Waals surface area contributed by atoms with Gasteiger partial charge in [-0.3, -0.25) is 5.41 Å². The van der Waals surface area contributed by atoms with Crippen LogP contribution in [0.3, 0.4) is 0 Å². The zero-order chi connectivity index (χ0) is 12.3. The molecule has 0 saturated heterocycles. The minimum atomic E-state index is 0.110. The van der Waals surface area contributed by atoms with Crippen molar-refractivity contribution in [1.82, 2.24) is 0 Å². The molecule has 0 atom stereocenters. The molecule has 88 valence electrons. The van der Waals surface area contributed by atoms with Gasteiger partial charge in [0.25, 0.3) is 0 Å². The Balaban J connectivity index is 2.24. The van der Waals surface area contributed by atoms with Crippen LogP contribution in [-0.2, 0) is 6.54 Å². The number of thiophene rings is 1. The molecule has 0 unspecified atom stereocenters. The van der Waals surface area contributed by atoms with Crippen molar-refractivity contribution < 1.29 is 0 Å². The van der Waals surface area contributed by atoms with E-state index < -0.39 is 0 Å². The Kier molecular flexibility index (Phi) is 3.44. The highest BCUT2D eigenvalue weighted by Crippen LogP contribution is 2.21. The number of nitrogens with zero attached hydrogens (tertiary/aromatic N) is 1. The van der Waals surface area contributed by atoms with Gasteiger partial charge in [0.1, 0.15) is 5.84 Å². The number of anilines is 1. The molecule has 1 aromatic carbocycles. The smallest absolute Gasteiger partial charge is 0.124 e. The summed E-state index contributed by atoms with van der Waals surface area (Å²) in [6, 6.07) is 11.9. The number of amidine groups is 1. The number of hydrogen-bond acceptors (Lipinski definition) is 3. The monoisotopic (exact) mass is 245 g/mol. The van der Waals surface area contributed by atoms with Crippen molar-refractivity contribution in [2.75, 3.05) is 11.9 Å². The molecule has 0 saturated carbocycles. The topological polar surface area (TPSA) is 53.1 Å².